The number of aromatic carboxylic acids is 2. The van der Waals surface area contributed by atoms with E-state index in [4.69, 9.17) is 0 Å². The van der Waals surface area contributed by atoms with Crippen molar-refractivity contribution in [3.8, 4) is 0 Å². The average Bonchev–Trinajstić information content (AvgIpc) is 2.33. The number of carboxylic acid groups (broad SMARTS) is 2. The second kappa shape index (κ2) is 5.92. The van der Waals surface area contributed by atoms with Gasteiger partial charge in [0.05, 0.1) is 5.97 Å². The van der Waals surface area contributed by atoms with Gasteiger partial charge < -0.3 is 25.3 Å². The number of hydrogen-bond donors (Lipinski definition) is 1. The molecule has 4 N–H and O–H groups in total. The molecule has 1 aromatic heterocycles. The summed E-state index contributed by atoms with van der Waals surface area (Å²) in [4.78, 5) is 20.1. The number of aromatic amines is 2. The summed E-state index contributed by atoms with van der Waals surface area (Å²) in [5.41, 5.74) is -0.659. The van der Waals surface area contributed by atoms with Gasteiger partial charge in [-0.1, -0.05) is 0 Å². The number of H-pyrrole nitrogens is 2. The van der Waals surface area contributed by atoms with Gasteiger partial charge in [0.2, 0.25) is 0 Å². The second-order valence-electron chi connectivity index (χ2n) is 1.80. The van der Waals surface area contributed by atoms with Gasteiger partial charge in [-0.25, -0.2) is 0 Å². The van der Waals surface area contributed by atoms with Crippen molar-refractivity contribution in [3.63, 3.8) is 0 Å². The third-order valence-electron chi connectivity index (χ3n) is 1.06. The minimum atomic E-state index is -1.48. The summed E-state index contributed by atoms with van der Waals surface area (Å²) >= 11 is 0. The van der Waals surface area contributed by atoms with Crippen LogP contribution in [0, 0.1) is 0 Å². The Morgan fingerprint density at radius 3 is 2.08 bits per heavy atom. The van der Waals surface area contributed by atoms with Crippen LogP contribution in [0.15, 0.2) is 6.07 Å². The molecule has 0 bridgehead atoms. The molecule has 1 heterocycles. The zero-order valence-electron chi connectivity index (χ0n) is 6.42. The van der Waals surface area contributed by atoms with E-state index in [1.807, 2.05) is 0 Å². The van der Waals surface area contributed by atoms with E-state index in [2.05, 4.69) is 10.2 Å². The molecule has 8 heteroatoms. The van der Waals surface area contributed by atoms with Gasteiger partial charge in [-0.2, -0.15) is 5.10 Å². The van der Waals surface area contributed by atoms with E-state index in [1.54, 1.807) is 0 Å². The molecule has 0 spiro atoms. The van der Waals surface area contributed by atoms with Gasteiger partial charge in [0, 0.05) is 6.07 Å². The first-order valence-corrected chi connectivity index (χ1v) is 2.64. The minimum absolute atomic E-state index is 0. The fourth-order valence-corrected chi connectivity index (χ4v) is 0.571. The number of nitrogens with one attached hydrogen (secondary N) is 2. The molecule has 1 aromatic rings. The van der Waals surface area contributed by atoms with Crippen molar-refractivity contribution in [1.82, 2.24) is 5.10 Å². The van der Waals surface area contributed by atoms with Crippen molar-refractivity contribution in [1.29, 1.82) is 0 Å². The van der Waals surface area contributed by atoms with Gasteiger partial charge in [0.25, 0.3) is 5.69 Å². The molecule has 13 heavy (non-hydrogen) atoms. The first-order chi connectivity index (χ1) is 5.11. The predicted molar refractivity (Wildman–Crippen MR) is 35.4 cm³/mol. The standard InChI is InChI=1S/C5H4N2O4.Ca.H2O/c8-4(9)2-1-3(5(10)11)7-6-2;;/h1H,(H,6,7)(H,8,9)(H,10,11);;1H2/q;+2;/p-1. The van der Waals surface area contributed by atoms with Crippen LogP contribution in [-0.4, -0.2) is 60.3 Å². The molecule has 0 aliphatic heterocycles. The summed E-state index contributed by atoms with van der Waals surface area (Å²) in [7, 11) is 0. The van der Waals surface area contributed by atoms with E-state index >= 15 is 0 Å². The predicted octanol–water partition coefficient (Wildman–Crippen LogP) is -4.65. The maximum Gasteiger partial charge on any atom is 2.00 e. The van der Waals surface area contributed by atoms with Gasteiger partial charge in [-0.3, -0.25) is 0 Å². The van der Waals surface area contributed by atoms with Gasteiger partial charge in [0.1, 0.15) is 11.7 Å². The Labute approximate surface area is 102 Å². The summed E-state index contributed by atoms with van der Waals surface area (Å²) < 4.78 is 0. The van der Waals surface area contributed by atoms with Crippen LogP contribution in [0.2, 0.25) is 0 Å². The van der Waals surface area contributed by atoms with E-state index in [9.17, 15) is 19.8 Å². The summed E-state index contributed by atoms with van der Waals surface area (Å²) in [6.45, 7) is 0. The van der Waals surface area contributed by atoms with Gasteiger partial charge in [0.15, 0.2) is 0 Å². The molecule has 0 saturated heterocycles. The number of rotatable bonds is 2. The number of carboxylic acids is 2. The van der Waals surface area contributed by atoms with Gasteiger partial charge in [-0.05, 0) is 0 Å². The molecule has 0 aliphatic carbocycles. The summed E-state index contributed by atoms with van der Waals surface area (Å²) in [6.07, 6.45) is 0. The van der Waals surface area contributed by atoms with Crippen molar-refractivity contribution in [2.45, 2.75) is 0 Å². The molecule has 0 aromatic carbocycles. The van der Waals surface area contributed by atoms with E-state index < -0.39 is 11.9 Å². The van der Waals surface area contributed by atoms with Crippen LogP contribution >= 0.6 is 0 Å². The average molecular weight is 213 g/mol. The van der Waals surface area contributed by atoms with Crippen LogP contribution in [0.5, 0.6) is 0 Å². The van der Waals surface area contributed by atoms with E-state index in [0.717, 1.165) is 6.07 Å². The molecule has 7 nitrogen and oxygen atoms in total. The van der Waals surface area contributed by atoms with Crippen molar-refractivity contribution >= 4 is 49.7 Å². The zero-order valence-corrected chi connectivity index (χ0v) is 8.63. The smallest absolute Gasteiger partial charge is 0.543 e. The number of aromatic nitrogens is 2. The first-order valence-electron chi connectivity index (χ1n) is 2.64. The first kappa shape index (κ1) is 14.9. The Bertz CT molecular complexity index is 281. The molecule has 0 saturated carbocycles. The molecular weight excluding hydrogens is 208 g/mol. The topological polar surface area (TPSA) is 142 Å². The molecule has 0 fully saturated rings. The number of carbonyl (C=O) groups is 2. The monoisotopic (exact) mass is 213 g/mol. The molecule has 0 atom stereocenters. The summed E-state index contributed by atoms with van der Waals surface area (Å²) in [6, 6.07) is 0.880. The third-order valence-corrected chi connectivity index (χ3v) is 1.06. The molecule has 0 amide bonds. The Balaban J connectivity index is 0. The zero-order chi connectivity index (χ0) is 8.43. The Kier molecular flexibility index (Phi) is 6.77. The summed E-state index contributed by atoms with van der Waals surface area (Å²) in [5, 5.41) is 24.3. The van der Waals surface area contributed by atoms with E-state index in [0.29, 0.717) is 0 Å². The minimum Gasteiger partial charge on any atom is -0.543 e. The normalized spacial score (nSPS) is 8.00. The Morgan fingerprint density at radius 2 is 1.85 bits per heavy atom. The maximum atomic E-state index is 10.1. The Morgan fingerprint density at radius 1 is 1.31 bits per heavy atom. The molecule has 1 rings (SSSR count). The Hall–Kier alpha value is -0.630. The van der Waals surface area contributed by atoms with Crippen LogP contribution in [0.1, 0.15) is 21.0 Å². The van der Waals surface area contributed by atoms with Crippen LogP contribution in [0.25, 0.3) is 0 Å². The number of carbonyl (C=O) groups excluding carboxylic acids is 2. The molecule has 0 unspecified atom stereocenters. The fourth-order valence-electron chi connectivity index (χ4n) is 0.571. The van der Waals surface area contributed by atoms with Crippen molar-refractivity contribution in [2.24, 2.45) is 0 Å². The fraction of sp³-hybridized carbons (Fsp3) is 0. The third kappa shape index (κ3) is 3.72. The van der Waals surface area contributed by atoms with Crippen LogP contribution in [0.3, 0.4) is 0 Å². The van der Waals surface area contributed by atoms with Gasteiger partial charge >= 0.3 is 37.7 Å². The number of hydrogen-bond acceptors (Lipinski definition) is 4. The summed E-state index contributed by atoms with van der Waals surface area (Å²) in [5.74, 6) is -2.96. The van der Waals surface area contributed by atoms with Crippen molar-refractivity contribution < 1.29 is 30.4 Å². The quantitative estimate of drug-likeness (QED) is 0.493. The largest absolute Gasteiger partial charge is 2.00 e. The molecule has 0 radical (unpaired) electrons. The van der Waals surface area contributed by atoms with Crippen LogP contribution < -0.4 is 15.3 Å². The van der Waals surface area contributed by atoms with E-state index in [1.165, 1.54) is 0 Å². The van der Waals surface area contributed by atoms with Crippen LogP contribution in [-0.2, 0) is 0 Å². The van der Waals surface area contributed by atoms with Crippen LogP contribution in [0.4, 0.5) is 0 Å². The maximum absolute atomic E-state index is 10.1. The van der Waals surface area contributed by atoms with E-state index in [-0.39, 0.29) is 54.6 Å². The van der Waals surface area contributed by atoms with Crippen molar-refractivity contribution in [3.05, 3.63) is 17.5 Å². The van der Waals surface area contributed by atoms with Gasteiger partial charge in [-0.15, -0.1) is 5.10 Å². The molecule has 0 aliphatic rings. The molecule has 66 valence electrons. The SMILES string of the molecule is O.O=C([O-])c1cc(C(=O)[O-])[nH+][nH]1.[Ca+2]. The second-order valence-corrected chi connectivity index (χ2v) is 1.80. The van der Waals surface area contributed by atoms with Crippen molar-refractivity contribution in [2.75, 3.05) is 0 Å². The molecular formula is C5H5CaN2O5+.